The Kier molecular flexibility index (Phi) is 6.04. The van der Waals surface area contributed by atoms with Crippen LogP contribution in [0.15, 0.2) is 46.3 Å². The van der Waals surface area contributed by atoms with Gasteiger partial charge in [0, 0.05) is 24.2 Å². The Balaban J connectivity index is 1.20. The second-order valence-electron chi connectivity index (χ2n) is 11.8. The quantitative estimate of drug-likeness (QED) is 0.501. The first-order valence-electron chi connectivity index (χ1n) is 13.9. The van der Waals surface area contributed by atoms with E-state index in [1.165, 1.54) is 50.3 Å². The number of rotatable bonds is 4. The lowest BCUT2D eigenvalue weighted by Gasteiger charge is -2.57. The van der Waals surface area contributed by atoms with Gasteiger partial charge < -0.3 is 19.5 Å². The second kappa shape index (κ2) is 9.45. The molecule has 2 aromatic rings. The standard InChI is InChI=1S/C31H34N2O4S/c1-36-27-5-3-22(13-24(27)15-28-29(35)32-30(38-28)33-6-8-37-9-7-33)23-2-4-26(34)25(14-23)31-16-19-10-20(17-31)12-21(11-19)18-31/h2-5,13-15,19-21,34H,6-12,16-18H2,1H3/b28-15+. The number of nitrogens with zero attached hydrogens (tertiary/aromatic N) is 2. The fourth-order valence-corrected chi connectivity index (χ4v) is 8.99. The molecule has 1 amide bonds. The van der Waals surface area contributed by atoms with Gasteiger partial charge in [0.2, 0.25) is 0 Å². The van der Waals surface area contributed by atoms with Crippen LogP contribution in [0.1, 0.15) is 49.7 Å². The number of ether oxygens (including phenoxy) is 2. The van der Waals surface area contributed by atoms with E-state index in [-0.39, 0.29) is 11.3 Å². The summed E-state index contributed by atoms with van der Waals surface area (Å²) in [6, 6.07) is 12.2. The van der Waals surface area contributed by atoms with Gasteiger partial charge in [-0.15, -0.1) is 0 Å². The van der Waals surface area contributed by atoms with Crippen LogP contribution in [0, 0.1) is 17.8 Å². The molecule has 4 saturated carbocycles. The third kappa shape index (κ3) is 4.24. The van der Waals surface area contributed by atoms with Crippen molar-refractivity contribution in [1.29, 1.82) is 0 Å². The maximum absolute atomic E-state index is 12.8. The van der Waals surface area contributed by atoms with Crippen LogP contribution in [0.25, 0.3) is 17.2 Å². The summed E-state index contributed by atoms with van der Waals surface area (Å²) in [4.78, 5) is 19.8. The average molecular weight is 531 g/mol. The Bertz CT molecular complexity index is 1310. The summed E-state index contributed by atoms with van der Waals surface area (Å²) in [5.74, 6) is 3.39. The predicted octanol–water partition coefficient (Wildman–Crippen LogP) is 5.84. The molecule has 5 fully saturated rings. The number of morpholine rings is 1. The van der Waals surface area contributed by atoms with E-state index in [0.717, 1.165) is 64.0 Å². The van der Waals surface area contributed by atoms with Crippen LogP contribution in [0.4, 0.5) is 0 Å². The Hall–Kier alpha value is -2.77. The highest BCUT2D eigenvalue weighted by Gasteiger charge is 2.52. The van der Waals surface area contributed by atoms with E-state index >= 15 is 0 Å². The minimum absolute atomic E-state index is 0.117. The molecule has 0 unspecified atom stereocenters. The molecule has 7 heteroatoms. The molecule has 6 aliphatic rings. The predicted molar refractivity (Wildman–Crippen MR) is 150 cm³/mol. The van der Waals surface area contributed by atoms with E-state index in [1.54, 1.807) is 7.11 Å². The van der Waals surface area contributed by atoms with Gasteiger partial charge in [-0.2, -0.15) is 4.99 Å². The van der Waals surface area contributed by atoms with Crippen molar-refractivity contribution in [3.8, 4) is 22.6 Å². The number of methoxy groups -OCH3 is 1. The van der Waals surface area contributed by atoms with Gasteiger partial charge >= 0.3 is 0 Å². The van der Waals surface area contributed by atoms with Gasteiger partial charge in [0.05, 0.1) is 25.2 Å². The molecule has 6 nitrogen and oxygen atoms in total. The van der Waals surface area contributed by atoms with Crippen LogP contribution < -0.4 is 4.74 Å². The number of benzene rings is 2. The van der Waals surface area contributed by atoms with Crippen molar-refractivity contribution in [1.82, 2.24) is 4.90 Å². The summed E-state index contributed by atoms with van der Waals surface area (Å²) in [5.41, 5.74) is 4.24. The van der Waals surface area contributed by atoms with Crippen LogP contribution >= 0.6 is 11.8 Å². The number of phenols is 1. The zero-order chi connectivity index (χ0) is 25.9. The van der Waals surface area contributed by atoms with E-state index in [2.05, 4.69) is 28.1 Å². The van der Waals surface area contributed by atoms with Gasteiger partial charge in [-0.05, 0) is 115 Å². The number of phenolic OH excluding ortho intramolecular Hbond substituents is 1. The Morgan fingerprint density at radius 3 is 2.37 bits per heavy atom. The summed E-state index contributed by atoms with van der Waals surface area (Å²) >= 11 is 1.42. The number of carbonyl (C=O) groups is 1. The van der Waals surface area contributed by atoms with Crippen molar-refractivity contribution in [3.05, 3.63) is 52.4 Å². The fourth-order valence-electron chi connectivity index (χ4n) is 8.04. The number of amidine groups is 1. The number of amides is 1. The molecule has 1 saturated heterocycles. The van der Waals surface area contributed by atoms with Gasteiger partial charge in [0.25, 0.3) is 5.91 Å². The molecule has 2 aromatic carbocycles. The zero-order valence-corrected chi connectivity index (χ0v) is 22.6. The second-order valence-corrected chi connectivity index (χ2v) is 12.8. The van der Waals surface area contributed by atoms with Crippen molar-refractivity contribution in [2.24, 2.45) is 22.7 Å². The largest absolute Gasteiger partial charge is 0.508 e. The highest BCUT2D eigenvalue weighted by atomic mass is 32.2. The molecule has 2 aliphatic heterocycles. The lowest BCUT2D eigenvalue weighted by Crippen LogP contribution is -2.48. The first kappa shape index (κ1) is 24.3. The minimum atomic E-state index is -0.210. The minimum Gasteiger partial charge on any atom is -0.508 e. The third-order valence-corrected chi connectivity index (χ3v) is 10.4. The summed E-state index contributed by atoms with van der Waals surface area (Å²) in [6.07, 6.45) is 9.66. The highest BCUT2D eigenvalue weighted by Crippen LogP contribution is 2.62. The first-order chi connectivity index (χ1) is 18.5. The molecular weight excluding hydrogens is 496 g/mol. The number of hydrogen-bond acceptors (Lipinski definition) is 6. The molecule has 0 radical (unpaired) electrons. The summed E-state index contributed by atoms with van der Waals surface area (Å²) in [7, 11) is 1.65. The number of aliphatic imine (C=N–C) groups is 1. The highest BCUT2D eigenvalue weighted by molar-refractivity contribution is 8.18. The molecule has 0 aromatic heterocycles. The van der Waals surface area contributed by atoms with Crippen LogP contribution in [-0.4, -0.2) is 54.5 Å². The molecule has 4 bridgehead atoms. The molecular formula is C31H34N2O4S. The zero-order valence-electron chi connectivity index (χ0n) is 21.8. The fraction of sp³-hybridized carbons (Fsp3) is 0.484. The molecule has 4 aliphatic carbocycles. The molecule has 8 rings (SSSR count). The smallest absolute Gasteiger partial charge is 0.286 e. The van der Waals surface area contributed by atoms with Crippen molar-refractivity contribution in [3.63, 3.8) is 0 Å². The average Bonchev–Trinajstić information content (AvgIpc) is 3.28. The van der Waals surface area contributed by atoms with Crippen molar-refractivity contribution in [2.45, 2.75) is 43.9 Å². The molecule has 0 atom stereocenters. The van der Waals surface area contributed by atoms with E-state index in [1.807, 2.05) is 24.3 Å². The SMILES string of the molecule is COc1ccc(-c2ccc(O)c(C34CC5CC(CC(C5)C3)C4)c2)cc1/C=C1/SC(N2CCOCC2)=NC1=O. The van der Waals surface area contributed by atoms with Gasteiger partial charge in [0.1, 0.15) is 11.5 Å². The number of hydrogen-bond donors (Lipinski definition) is 1. The van der Waals surface area contributed by atoms with Crippen molar-refractivity contribution < 1.29 is 19.4 Å². The Morgan fingerprint density at radius 1 is 1.03 bits per heavy atom. The van der Waals surface area contributed by atoms with Gasteiger partial charge in [0.15, 0.2) is 5.17 Å². The van der Waals surface area contributed by atoms with E-state index in [4.69, 9.17) is 9.47 Å². The van der Waals surface area contributed by atoms with Crippen LogP contribution in [0.2, 0.25) is 0 Å². The third-order valence-electron chi connectivity index (χ3n) is 9.35. The summed E-state index contributed by atoms with van der Waals surface area (Å²) < 4.78 is 11.1. The lowest BCUT2D eigenvalue weighted by molar-refractivity contribution is -0.113. The van der Waals surface area contributed by atoms with E-state index in [9.17, 15) is 9.90 Å². The molecule has 2 heterocycles. The first-order valence-corrected chi connectivity index (χ1v) is 14.7. The maximum atomic E-state index is 12.8. The Morgan fingerprint density at radius 2 is 1.68 bits per heavy atom. The number of carbonyl (C=O) groups excluding carboxylic acids is 1. The maximum Gasteiger partial charge on any atom is 0.286 e. The molecule has 38 heavy (non-hydrogen) atoms. The van der Waals surface area contributed by atoms with Crippen LogP contribution in [-0.2, 0) is 14.9 Å². The molecule has 198 valence electrons. The van der Waals surface area contributed by atoms with Crippen molar-refractivity contribution >= 4 is 28.9 Å². The van der Waals surface area contributed by atoms with Crippen LogP contribution in [0.5, 0.6) is 11.5 Å². The lowest BCUT2D eigenvalue weighted by atomic mass is 9.48. The number of thioether (sulfide) groups is 1. The van der Waals surface area contributed by atoms with Gasteiger partial charge in [-0.25, -0.2) is 0 Å². The molecule has 1 N–H and O–H groups in total. The molecule has 0 spiro atoms. The monoisotopic (exact) mass is 530 g/mol. The van der Waals surface area contributed by atoms with Crippen molar-refractivity contribution in [2.75, 3.05) is 33.4 Å². The topological polar surface area (TPSA) is 71.4 Å². The summed E-state index contributed by atoms with van der Waals surface area (Å²) in [6.45, 7) is 2.80. The van der Waals surface area contributed by atoms with E-state index in [0.29, 0.717) is 23.9 Å². The van der Waals surface area contributed by atoms with Gasteiger partial charge in [-0.3, -0.25) is 4.79 Å². The van der Waals surface area contributed by atoms with Gasteiger partial charge in [-0.1, -0.05) is 12.1 Å². The van der Waals surface area contributed by atoms with E-state index < -0.39 is 0 Å². The number of aromatic hydroxyl groups is 1. The normalized spacial score (nSPS) is 31.2. The summed E-state index contributed by atoms with van der Waals surface area (Å²) in [5, 5.41) is 11.8. The Labute approximate surface area is 228 Å². The van der Waals surface area contributed by atoms with Crippen LogP contribution in [0.3, 0.4) is 0 Å².